The Labute approximate surface area is 153 Å². The van der Waals surface area contributed by atoms with E-state index in [-0.39, 0.29) is 5.91 Å². The van der Waals surface area contributed by atoms with Crippen LogP contribution >= 0.6 is 22.7 Å². The highest BCUT2D eigenvalue weighted by Gasteiger charge is 2.22. The summed E-state index contributed by atoms with van der Waals surface area (Å²) in [7, 11) is 0. The summed E-state index contributed by atoms with van der Waals surface area (Å²) >= 11 is 3.33. The molecule has 0 saturated heterocycles. The van der Waals surface area contributed by atoms with Gasteiger partial charge in [-0.1, -0.05) is 23.8 Å². The van der Waals surface area contributed by atoms with E-state index in [4.69, 9.17) is 0 Å². The highest BCUT2D eigenvalue weighted by molar-refractivity contribution is 7.10. The van der Waals surface area contributed by atoms with Gasteiger partial charge in [0.15, 0.2) is 5.69 Å². The highest BCUT2D eigenvalue weighted by Crippen LogP contribution is 2.23. The minimum absolute atomic E-state index is 0.0429. The van der Waals surface area contributed by atoms with E-state index in [1.165, 1.54) is 9.75 Å². The van der Waals surface area contributed by atoms with Crippen molar-refractivity contribution in [1.29, 1.82) is 0 Å². The predicted molar refractivity (Wildman–Crippen MR) is 103 cm³/mol. The SMILES string of the molecule is Cc1ccc2[nH]nc(C(=O)N(Cc3cccs3)Cc3cccs3)c2c1. The molecular weight excluding hydrogens is 350 g/mol. The highest BCUT2D eigenvalue weighted by atomic mass is 32.1. The summed E-state index contributed by atoms with van der Waals surface area (Å²) in [5, 5.41) is 12.2. The third kappa shape index (κ3) is 3.36. The van der Waals surface area contributed by atoms with Crippen LogP contribution in [0.3, 0.4) is 0 Å². The third-order valence-corrected chi connectivity index (χ3v) is 5.78. The van der Waals surface area contributed by atoms with Gasteiger partial charge in [0.05, 0.1) is 18.6 Å². The standard InChI is InChI=1S/C19H17N3OS2/c1-13-6-7-17-16(10-13)18(21-20-17)19(23)22(11-14-4-2-8-24-14)12-15-5-3-9-25-15/h2-10H,11-12H2,1H3,(H,20,21). The van der Waals surface area contributed by atoms with E-state index in [9.17, 15) is 4.79 Å². The van der Waals surface area contributed by atoms with E-state index < -0.39 is 0 Å². The summed E-state index contributed by atoms with van der Waals surface area (Å²) in [6.45, 7) is 3.21. The molecule has 0 spiro atoms. The van der Waals surface area contributed by atoms with Gasteiger partial charge in [-0.2, -0.15) is 5.10 Å². The molecule has 126 valence electrons. The third-order valence-electron chi connectivity index (χ3n) is 4.06. The van der Waals surface area contributed by atoms with Gasteiger partial charge >= 0.3 is 0 Å². The zero-order valence-electron chi connectivity index (χ0n) is 13.7. The van der Waals surface area contributed by atoms with Crippen molar-refractivity contribution in [3.05, 3.63) is 74.2 Å². The van der Waals surface area contributed by atoms with Gasteiger partial charge in [0.2, 0.25) is 0 Å². The molecule has 0 aliphatic heterocycles. The second kappa shape index (κ2) is 6.82. The van der Waals surface area contributed by atoms with Crippen LogP contribution in [0, 0.1) is 6.92 Å². The van der Waals surface area contributed by atoms with Crippen molar-refractivity contribution in [2.45, 2.75) is 20.0 Å². The van der Waals surface area contributed by atoms with Crippen LogP contribution < -0.4 is 0 Å². The first-order valence-corrected chi connectivity index (χ1v) is 9.75. The molecule has 4 rings (SSSR count). The van der Waals surface area contributed by atoms with Crippen LogP contribution in [0.2, 0.25) is 0 Å². The molecule has 4 nitrogen and oxygen atoms in total. The number of hydrogen-bond donors (Lipinski definition) is 1. The molecule has 0 fully saturated rings. The fraction of sp³-hybridized carbons (Fsp3) is 0.158. The van der Waals surface area contributed by atoms with Crippen LogP contribution in [0.1, 0.15) is 25.8 Å². The van der Waals surface area contributed by atoms with Crippen LogP contribution in [-0.4, -0.2) is 21.0 Å². The van der Waals surface area contributed by atoms with Crippen LogP contribution in [0.25, 0.3) is 10.9 Å². The molecule has 0 aliphatic rings. The summed E-state index contributed by atoms with van der Waals surface area (Å²) in [4.78, 5) is 17.4. The fourth-order valence-corrected chi connectivity index (χ4v) is 4.26. The van der Waals surface area contributed by atoms with Gasteiger partial charge in [-0.3, -0.25) is 9.89 Å². The molecule has 0 unspecified atom stereocenters. The number of aromatic amines is 1. The number of H-pyrrole nitrogens is 1. The molecular formula is C19H17N3OS2. The number of carbonyl (C=O) groups is 1. The summed E-state index contributed by atoms with van der Waals surface area (Å²) in [6.07, 6.45) is 0. The number of benzene rings is 1. The molecule has 1 aromatic carbocycles. The van der Waals surface area contributed by atoms with E-state index >= 15 is 0 Å². The van der Waals surface area contributed by atoms with E-state index in [1.54, 1.807) is 22.7 Å². The number of nitrogens with zero attached hydrogens (tertiary/aromatic N) is 2. The molecule has 0 atom stereocenters. The number of amides is 1. The molecule has 0 saturated carbocycles. The average molecular weight is 367 g/mol. The van der Waals surface area contributed by atoms with Gasteiger partial charge in [0.25, 0.3) is 5.91 Å². The zero-order valence-corrected chi connectivity index (χ0v) is 15.4. The van der Waals surface area contributed by atoms with Crippen molar-refractivity contribution in [2.24, 2.45) is 0 Å². The Morgan fingerprint density at radius 2 is 1.76 bits per heavy atom. The molecule has 0 radical (unpaired) electrons. The maximum atomic E-state index is 13.2. The van der Waals surface area contributed by atoms with Gasteiger partial charge < -0.3 is 4.90 Å². The predicted octanol–water partition coefficient (Wildman–Crippen LogP) is 4.84. The van der Waals surface area contributed by atoms with Crippen LogP contribution in [0.15, 0.2) is 53.2 Å². The van der Waals surface area contributed by atoms with Crippen molar-refractivity contribution in [3.8, 4) is 0 Å². The number of thiophene rings is 2. The lowest BCUT2D eigenvalue weighted by Crippen LogP contribution is -2.30. The number of fused-ring (bicyclic) bond motifs is 1. The van der Waals surface area contributed by atoms with Crippen molar-refractivity contribution in [2.75, 3.05) is 0 Å². The second-order valence-electron chi connectivity index (χ2n) is 5.94. The Kier molecular flexibility index (Phi) is 4.38. The first-order chi connectivity index (χ1) is 12.2. The molecule has 3 heterocycles. The van der Waals surface area contributed by atoms with Crippen molar-refractivity contribution >= 4 is 39.5 Å². The normalized spacial score (nSPS) is 11.1. The molecule has 4 aromatic rings. The van der Waals surface area contributed by atoms with Gasteiger partial charge in [-0.15, -0.1) is 22.7 Å². The molecule has 1 N–H and O–H groups in total. The molecule has 25 heavy (non-hydrogen) atoms. The Balaban J connectivity index is 1.69. The molecule has 0 bridgehead atoms. The first kappa shape index (κ1) is 16.1. The number of rotatable bonds is 5. The lowest BCUT2D eigenvalue weighted by atomic mass is 10.1. The Bertz CT molecular complexity index is 951. The minimum Gasteiger partial charge on any atom is -0.327 e. The number of aryl methyl sites for hydroxylation is 1. The maximum absolute atomic E-state index is 13.2. The number of nitrogens with one attached hydrogen (secondary N) is 1. The van der Waals surface area contributed by atoms with Gasteiger partial charge in [-0.05, 0) is 41.9 Å². The minimum atomic E-state index is -0.0429. The van der Waals surface area contributed by atoms with Gasteiger partial charge in [-0.25, -0.2) is 0 Å². The average Bonchev–Trinajstić information content (AvgIpc) is 3.35. The quantitative estimate of drug-likeness (QED) is 0.549. The van der Waals surface area contributed by atoms with Crippen molar-refractivity contribution in [3.63, 3.8) is 0 Å². The molecule has 0 aliphatic carbocycles. The number of carbonyl (C=O) groups excluding carboxylic acids is 1. The maximum Gasteiger partial charge on any atom is 0.275 e. The largest absolute Gasteiger partial charge is 0.327 e. The zero-order chi connectivity index (χ0) is 17.2. The van der Waals surface area contributed by atoms with Crippen LogP contribution in [-0.2, 0) is 13.1 Å². The smallest absolute Gasteiger partial charge is 0.275 e. The lowest BCUT2D eigenvalue weighted by Gasteiger charge is -2.20. The van der Waals surface area contributed by atoms with Crippen LogP contribution in [0.4, 0.5) is 0 Å². The Morgan fingerprint density at radius 3 is 2.36 bits per heavy atom. The number of hydrogen-bond acceptors (Lipinski definition) is 4. The number of aromatic nitrogens is 2. The van der Waals surface area contributed by atoms with E-state index in [1.807, 2.05) is 52.9 Å². The Morgan fingerprint density at radius 1 is 1.08 bits per heavy atom. The van der Waals surface area contributed by atoms with E-state index in [2.05, 4.69) is 22.3 Å². The summed E-state index contributed by atoms with van der Waals surface area (Å²) < 4.78 is 0. The second-order valence-corrected chi connectivity index (χ2v) is 8.01. The monoisotopic (exact) mass is 367 g/mol. The van der Waals surface area contributed by atoms with Crippen LogP contribution in [0.5, 0.6) is 0 Å². The van der Waals surface area contributed by atoms with Gasteiger partial charge in [0, 0.05) is 15.1 Å². The van der Waals surface area contributed by atoms with Gasteiger partial charge in [0.1, 0.15) is 0 Å². The Hall–Kier alpha value is -2.44. The summed E-state index contributed by atoms with van der Waals surface area (Å²) in [5.74, 6) is -0.0429. The molecule has 6 heteroatoms. The van der Waals surface area contributed by atoms with E-state index in [0.29, 0.717) is 18.8 Å². The van der Waals surface area contributed by atoms with Crippen molar-refractivity contribution in [1.82, 2.24) is 15.1 Å². The first-order valence-electron chi connectivity index (χ1n) is 7.99. The van der Waals surface area contributed by atoms with E-state index in [0.717, 1.165) is 16.5 Å². The molecule has 1 amide bonds. The van der Waals surface area contributed by atoms with Crippen molar-refractivity contribution < 1.29 is 4.79 Å². The lowest BCUT2D eigenvalue weighted by molar-refractivity contribution is 0.0729. The molecule has 3 aromatic heterocycles. The topological polar surface area (TPSA) is 49.0 Å². The fourth-order valence-electron chi connectivity index (χ4n) is 2.82. The summed E-state index contributed by atoms with van der Waals surface area (Å²) in [5.41, 5.74) is 2.50. The summed E-state index contributed by atoms with van der Waals surface area (Å²) in [6, 6.07) is 14.2.